The van der Waals surface area contributed by atoms with Crippen molar-refractivity contribution in [1.29, 1.82) is 0 Å². The van der Waals surface area contributed by atoms with E-state index in [-0.39, 0.29) is 0 Å². The van der Waals surface area contributed by atoms with Crippen LogP contribution in [0.5, 0.6) is 0 Å². The van der Waals surface area contributed by atoms with E-state index in [9.17, 15) is 0 Å². The second-order valence-electron chi connectivity index (χ2n) is 11.8. The van der Waals surface area contributed by atoms with E-state index in [2.05, 4.69) is 163 Å². The molecule has 2 heteroatoms. The van der Waals surface area contributed by atoms with Crippen LogP contribution in [0, 0.1) is 0 Å². The maximum atomic E-state index is 5.08. The van der Waals surface area contributed by atoms with Crippen molar-refractivity contribution in [1.82, 2.24) is 9.38 Å². The molecule has 2 aromatic heterocycles. The quantitative estimate of drug-likeness (QED) is 0.186. The van der Waals surface area contributed by atoms with Gasteiger partial charge in [0, 0.05) is 17.3 Å². The number of benzene rings is 5. The van der Waals surface area contributed by atoms with Crippen molar-refractivity contribution >= 4 is 22.0 Å². The van der Waals surface area contributed by atoms with E-state index in [0.717, 1.165) is 41.0 Å². The molecule has 0 amide bonds. The van der Waals surface area contributed by atoms with E-state index in [1.54, 1.807) is 0 Å². The van der Waals surface area contributed by atoms with Crippen LogP contribution in [0.1, 0.15) is 18.4 Å². The van der Waals surface area contributed by atoms with Gasteiger partial charge in [0.25, 0.3) is 0 Å². The number of imidazole rings is 1. The Labute approximate surface area is 264 Å². The third-order valence-corrected chi connectivity index (χ3v) is 8.73. The van der Waals surface area contributed by atoms with Gasteiger partial charge in [0.2, 0.25) is 0 Å². The molecule has 5 aromatic carbocycles. The molecule has 1 aliphatic rings. The third-order valence-electron chi connectivity index (χ3n) is 8.73. The van der Waals surface area contributed by atoms with Crippen molar-refractivity contribution in [2.24, 2.45) is 0 Å². The molecule has 0 unspecified atom stereocenters. The maximum Gasteiger partial charge on any atom is 0.137 e. The minimum Gasteiger partial charge on any atom is -0.299 e. The summed E-state index contributed by atoms with van der Waals surface area (Å²) in [6.45, 7) is 4.35. The van der Waals surface area contributed by atoms with Gasteiger partial charge in [-0.15, -0.1) is 0 Å². The average molecular weight is 577 g/mol. The Bertz CT molecular complexity index is 2280. The van der Waals surface area contributed by atoms with Crippen LogP contribution in [0.25, 0.3) is 66.8 Å². The van der Waals surface area contributed by atoms with E-state index in [0.29, 0.717) is 0 Å². The first-order valence-electron chi connectivity index (χ1n) is 15.5. The number of pyridine rings is 1. The fraction of sp³-hybridized carbons (Fsp3) is 0.0465. The monoisotopic (exact) mass is 576 g/mol. The molecule has 0 aliphatic heterocycles. The zero-order chi connectivity index (χ0) is 30.2. The lowest BCUT2D eigenvalue weighted by molar-refractivity contribution is 1.14. The van der Waals surface area contributed by atoms with E-state index < -0.39 is 0 Å². The van der Waals surface area contributed by atoms with Crippen molar-refractivity contribution in [3.8, 4) is 44.8 Å². The second-order valence-corrected chi connectivity index (χ2v) is 11.8. The standard InChI is InChI=1S/C43H32N2/c1-30-13-5-6-17-33(25-30)36-27-37(29-38(28-36)40-22-12-18-31-14-7-8-21-39(31)40)34-19-11-20-35(26-34)43-42(32-15-3-2-4-16-32)44-41-23-9-10-24-45(41)43/h2-12,14-24,26-29H,1,13,25H2. The number of aromatic nitrogens is 2. The molecule has 8 rings (SSSR count). The summed E-state index contributed by atoms with van der Waals surface area (Å²) >= 11 is 0. The predicted molar refractivity (Wildman–Crippen MR) is 190 cm³/mol. The molecule has 1 aliphatic carbocycles. The number of nitrogens with zero attached hydrogens (tertiary/aromatic N) is 2. The first kappa shape index (κ1) is 26.9. The average Bonchev–Trinajstić information content (AvgIpc) is 3.35. The van der Waals surface area contributed by atoms with Crippen LogP contribution in [-0.2, 0) is 0 Å². The fourth-order valence-electron chi connectivity index (χ4n) is 6.54. The molecule has 0 saturated heterocycles. The third kappa shape index (κ3) is 5.11. The Morgan fingerprint density at radius 1 is 0.600 bits per heavy atom. The van der Waals surface area contributed by atoms with Crippen molar-refractivity contribution < 1.29 is 0 Å². The molecule has 0 bridgehead atoms. The Balaban J connectivity index is 1.33. The van der Waals surface area contributed by atoms with Crippen LogP contribution in [0.2, 0.25) is 0 Å². The molecule has 7 aromatic rings. The zero-order valence-corrected chi connectivity index (χ0v) is 25.0. The van der Waals surface area contributed by atoms with Gasteiger partial charge in [-0.05, 0) is 93.4 Å². The summed E-state index contributed by atoms with van der Waals surface area (Å²) in [6.07, 6.45) is 10.5. The SMILES string of the molecule is C=C1CC=CC=C(c2cc(-c3cccc(-c4c(-c5ccccc5)nc5ccccn45)c3)cc(-c3cccc4ccccc34)c2)C1. The Kier molecular flexibility index (Phi) is 6.81. The van der Waals surface area contributed by atoms with Crippen LogP contribution in [-0.4, -0.2) is 9.38 Å². The second kappa shape index (κ2) is 11.4. The summed E-state index contributed by atoms with van der Waals surface area (Å²) in [5, 5.41) is 2.50. The highest BCUT2D eigenvalue weighted by Gasteiger charge is 2.17. The van der Waals surface area contributed by atoms with E-state index in [1.807, 2.05) is 6.07 Å². The molecule has 0 saturated carbocycles. The molecule has 0 radical (unpaired) electrons. The van der Waals surface area contributed by atoms with Gasteiger partial charge in [-0.2, -0.15) is 0 Å². The summed E-state index contributed by atoms with van der Waals surface area (Å²) in [7, 11) is 0. The normalized spacial score (nSPS) is 13.2. The topological polar surface area (TPSA) is 17.3 Å². The first-order valence-corrected chi connectivity index (χ1v) is 15.5. The lowest BCUT2D eigenvalue weighted by Gasteiger charge is -2.15. The van der Waals surface area contributed by atoms with Crippen molar-refractivity contribution in [3.05, 3.63) is 176 Å². The van der Waals surface area contributed by atoms with Crippen molar-refractivity contribution in [3.63, 3.8) is 0 Å². The Hall–Kier alpha value is -5.73. The van der Waals surface area contributed by atoms with Crippen molar-refractivity contribution in [2.45, 2.75) is 12.8 Å². The number of hydrogen-bond acceptors (Lipinski definition) is 1. The highest BCUT2D eigenvalue weighted by molar-refractivity contribution is 5.98. The fourth-order valence-corrected chi connectivity index (χ4v) is 6.54. The molecule has 0 atom stereocenters. The summed E-state index contributed by atoms with van der Waals surface area (Å²) in [6, 6.07) is 47.9. The molecular weight excluding hydrogens is 544 g/mol. The highest BCUT2D eigenvalue weighted by Crippen LogP contribution is 2.39. The van der Waals surface area contributed by atoms with E-state index in [4.69, 9.17) is 4.98 Å². The van der Waals surface area contributed by atoms with Gasteiger partial charge in [0.15, 0.2) is 0 Å². The predicted octanol–water partition coefficient (Wildman–Crippen LogP) is 11.4. The number of fused-ring (bicyclic) bond motifs is 2. The first-order chi connectivity index (χ1) is 22.2. The molecule has 2 heterocycles. The summed E-state index contributed by atoms with van der Waals surface area (Å²) in [5.74, 6) is 0. The summed E-state index contributed by atoms with van der Waals surface area (Å²) in [4.78, 5) is 5.08. The van der Waals surface area contributed by atoms with Gasteiger partial charge >= 0.3 is 0 Å². The van der Waals surface area contributed by atoms with Gasteiger partial charge in [0.1, 0.15) is 5.65 Å². The van der Waals surface area contributed by atoms with Gasteiger partial charge < -0.3 is 0 Å². The van der Waals surface area contributed by atoms with Crippen LogP contribution >= 0.6 is 0 Å². The molecule has 2 nitrogen and oxygen atoms in total. The maximum absolute atomic E-state index is 5.08. The summed E-state index contributed by atoms with van der Waals surface area (Å²) < 4.78 is 2.20. The zero-order valence-electron chi connectivity index (χ0n) is 25.0. The molecule has 0 spiro atoms. The van der Waals surface area contributed by atoms with E-state index >= 15 is 0 Å². The van der Waals surface area contributed by atoms with Gasteiger partial charge in [-0.1, -0.05) is 127 Å². The van der Waals surface area contributed by atoms with Crippen molar-refractivity contribution in [2.75, 3.05) is 0 Å². The molecule has 0 N–H and O–H groups in total. The highest BCUT2D eigenvalue weighted by atomic mass is 15.0. The minimum atomic E-state index is 0.869. The number of allylic oxidation sites excluding steroid dienone is 5. The molecule has 214 valence electrons. The summed E-state index contributed by atoms with van der Waals surface area (Å²) in [5.41, 5.74) is 13.8. The van der Waals surface area contributed by atoms with Crippen LogP contribution in [0.15, 0.2) is 170 Å². The molecular formula is C43H32N2. The Morgan fingerprint density at radius 3 is 2.24 bits per heavy atom. The van der Waals surface area contributed by atoms with E-state index in [1.165, 1.54) is 49.7 Å². The van der Waals surface area contributed by atoms with Crippen LogP contribution < -0.4 is 0 Å². The lowest BCUT2D eigenvalue weighted by atomic mass is 9.89. The lowest BCUT2D eigenvalue weighted by Crippen LogP contribution is -1.93. The van der Waals surface area contributed by atoms with Crippen LogP contribution in [0.3, 0.4) is 0 Å². The minimum absolute atomic E-state index is 0.869. The van der Waals surface area contributed by atoms with Crippen LogP contribution in [0.4, 0.5) is 0 Å². The van der Waals surface area contributed by atoms with Gasteiger partial charge in [-0.3, -0.25) is 4.40 Å². The number of rotatable bonds is 5. The van der Waals surface area contributed by atoms with Gasteiger partial charge in [0.05, 0.1) is 11.4 Å². The Morgan fingerprint density at radius 2 is 1.31 bits per heavy atom. The largest absolute Gasteiger partial charge is 0.299 e. The smallest absolute Gasteiger partial charge is 0.137 e. The molecule has 45 heavy (non-hydrogen) atoms. The molecule has 0 fully saturated rings. The number of hydrogen-bond donors (Lipinski definition) is 0. The van der Waals surface area contributed by atoms with Gasteiger partial charge in [-0.25, -0.2) is 4.98 Å².